The molecule has 2 aliphatic heterocycles. The number of amides is 3. The molecule has 0 spiro atoms. The van der Waals surface area contributed by atoms with Gasteiger partial charge in [-0.25, -0.2) is 9.78 Å². The molecule has 136 valence electrons. The molecule has 4 rings (SSSR count). The monoisotopic (exact) mass is 354 g/mol. The van der Waals surface area contributed by atoms with Crippen LogP contribution in [0, 0.1) is 0 Å². The topological polar surface area (TPSA) is 95.7 Å². The molecule has 0 unspecified atom stereocenters. The third-order valence-corrected chi connectivity index (χ3v) is 5.10. The molecule has 0 radical (unpaired) electrons. The molecule has 2 aromatic rings. The van der Waals surface area contributed by atoms with Gasteiger partial charge in [0.15, 0.2) is 0 Å². The number of anilines is 1. The molecule has 4 heterocycles. The third kappa shape index (κ3) is 3.02. The summed E-state index contributed by atoms with van der Waals surface area (Å²) in [6, 6.07) is 3.57. The normalized spacial score (nSPS) is 17.8. The van der Waals surface area contributed by atoms with Crippen LogP contribution in [0.25, 0.3) is 10.9 Å². The minimum Gasteiger partial charge on any atom is -0.365 e. The Hall–Kier alpha value is -2.90. The molecule has 2 saturated heterocycles. The number of nitrogens with two attached hydrogens (primary N) is 1. The van der Waals surface area contributed by atoms with E-state index >= 15 is 0 Å². The second kappa shape index (κ2) is 6.78. The molecule has 2 aliphatic rings. The van der Waals surface area contributed by atoms with E-state index in [2.05, 4.69) is 14.9 Å². The summed E-state index contributed by atoms with van der Waals surface area (Å²) < 4.78 is 0. The number of rotatable bonds is 2. The largest absolute Gasteiger partial charge is 0.365 e. The smallest absolute Gasteiger partial charge is 0.320 e. The van der Waals surface area contributed by atoms with Crippen LogP contribution in [-0.2, 0) is 0 Å². The Bertz CT molecular complexity index is 841. The maximum Gasteiger partial charge on any atom is 0.320 e. The molecule has 0 atom stereocenters. The van der Waals surface area contributed by atoms with Crippen LogP contribution in [0.5, 0.6) is 0 Å². The van der Waals surface area contributed by atoms with Crippen LogP contribution in [0.3, 0.4) is 0 Å². The van der Waals surface area contributed by atoms with Gasteiger partial charge in [0.05, 0.1) is 17.4 Å². The molecule has 0 aromatic carbocycles. The minimum absolute atomic E-state index is 0.146. The highest BCUT2D eigenvalue weighted by atomic mass is 16.2. The van der Waals surface area contributed by atoms with Crippen molar-refractivity contribution in [1.82, 2.24) is 19.8 Å². The van der Waals surface area contributed by atoms with E-state index in [1.807, 2.05) is 15.9 Å². The van der Waals surface area contributed by atoms with Crippen molar-refractivity contribution in [2.45, 2.75) is 12.8 Å². The van der Waals surface area contributed by atoms with Crippen LogP contribution in [0.1, 0.15) is 23.3 Å². The second-order valence-corrected chi connectivity index (χ2v) is 6.74. The number of pyridine rings is 2. The zero-order valence-corrected chi connectivity index (χ0v) is 14.6. The number of piperazine rings is 1. The Kier molecular flexibility index (Phi) is 4.32. The second-order valence-electron chi connectivity index (χ2n) is 6.74. The van der Waals surface area contributed by atoms with E-state index in [4.69, 9.17) is 5.73 Å². The van der Waals surface area contributed by atoms with Crippen molar-refractivity contribution in [2.75, 3.05) is 44.2 Å². The van der Waals surface area contributed by atoms with Crippen LogP contribution in [-0.4, -0.2) is 71.0 Å². The predicted octanol–water partition coefficient (Wildman–Crippen LogP) is 1.07. The van der Waals surface area contributed by atoms with Crippen LogP contribution in [0.2, 0.25) is 0 Å². The summed E-state index contributed by atoms with van der Waals surface area (Å²) in [6.07, 6.45) is 5.68. The quantitative estimate of drug-likeness (QED) is 0.870. The molecule has 3 amide bonds. The van der Waals surface area contributed by atoms with Crippen molar-refractivity contribution in [2.24, 2.45) is 5.73 Å². The van der Waals surface area contributed by atoms with Crippen molar-refractivity contribution in [3.05, 3.63) is 30.2 Å². The molecule has 8 heteroatoms. The fourth-order valence-corrected chi connectivity index (χ4v) is 3.64. The molecule has 0 saturated carbocycles. The first-order chi connectivity index (χ1) is 12.6. The van der Waals surface area contributed by atoms with Crippen LogP contribution in [0.4, 0.5) is 10.5 Å². The Labute approximate surface area is 151 Å². The molecule has 2 N–H and O–H groups in total. The van der Waals surface area contributed by atoms with Crippen molar-refractivity contribution in [1.29, 1.82) is 0 Å². The first-order valence-electron chi connectivity index (χ1n) is 8.97. The average Bonchev–Trinajstić information content (AvgIpc) is 3.21. The number of hydrogen-bond acceptors (Lipinski definition) is 5. The number of nitrogens with zero attached hydrogens (tertiary/aromatic N) is 5. The average molecular weight is 354 g/mol. The van der Waals surface area contributed by atoms with E-state index in [9.17, 15) is 9.59 Å². The number of primary amides is 1. The van der Waals surface area contributed by atoms with Crippen molar-refractivity contribution >= 4 is 28.5 Å². The van der Waals surface area contributed by atoms with Gasteiger partial charge in [-0.1, -0.05) is 0 Å². The number of carbonyl (C=O) groups is 2. The Morgan fingerprint density at radius 2 is 1.62 bits per heavy atom. The van der Waals surface area contributed by atoms with E-state index in [0.717, 1.165) is 42.5 Å². The van der Waals surface area contributed by atoms with Gasteiger partial charge in [0, 0.05) is 50.9 Å². The van der Waals surface area contributed by atoms with Crippen molar-refractivity contribution in [3.63, 3.8) is 0 Å². The lowest BCUT2D eigenvalue weighted by Crippen LogP contribution is -2.52. The number of urea groups is 1. The highest BCUT2D eigenvalue weighted by molar-refractivity contribution is 5.96. The molecular formula is C18H22N6O2. The first kappa shape index (κ1) is 16.6. The lowest BCUT2D eigenvalue weighted by Gasteiger charge is -2.37. The lowest BCUT2D eigenvalue weighted by molar-refractivity contribution is 0.0996. The Morgan fingerprint density at radius 1 is 0.923 bits per heavy atom. The van der Waals surface area contributed by atoms with E-state index < -0.39 is 5.91 Å². The molecule has 0 aliphatic carbocycles. The standard InChI is InChI=1S/C18H22N6O2/c19-17(25)14-4-3-13-11-20-12-15(16(13)21-14)22-7-9-24(10-8-22)18(26)23-5-1-2-6-23/h3-4,11-12H,1-2,5-10H2,(H2,19,25). The zero-order chi connectivity index (χ0) is 18.1. The summed E-state index contributed by atoms with van der Waals surface area (Å²) in [5.74, 6) is -0.546. The van der Waals surface area contributed by atoms with Gasteiger partial charge in [-0.15, -0.1) is 0 Å². The lowest BCUT2D eigenvalue weighted by atomic mass is 10.2. The zero-order valence-electron chi connectivity index (χ0n) is 14.6. The SMILES string of the molecule is NC(=O)c1ccc2cncc(N3CCN(C(=O)N4CCCC4)CC3)c2n1. The van der Waals surface area contributed by atoms with Crippen LogP contribution in [0.15, 0.2) is 24.5 Å². The van der Waals surface area contributed by atoms with E-state index in [1.165, 1.54) is 0 Å². The molecule has 8 nitrogen and oxygen atoms in total. The van der Waals surface area contributed by atoms with Crippen LogP contribution < -0.4 is 10.6 Å². The number of likely N-dealkylation sites (tertiary alicyclic amines) is 1. The van der Waals surface area contributed by atoms with Crippen molar-refractivity contribution < 1.29 is 9.59 Å². The summed E-state index contributed by atoms with van der Waals surface area (Å²) in [6.45, 7) is 4.49. The summed E-state index contributed by atoms with van der Waals surface area (Å²) in [7, 11) is 0. The first-order valence-corrected chi connectivity index (χ1v) is 8.97. The van der Waals surface area contributed by atoms with Gasteiger partial charge in [0.1, 0.15) is 5.69 Å². The summed E-state index contributed by atoms with van der Waals surface area (Å²) in [5.41, 5.74) is 7.20. The van der Waals surface area contributed by atoms with Crippen molar-refractivity contribution in [3.8, 4) is 0 Å². The highest BCUT2D eigenvalue weighted by Gasteiger charge is 2.27. The molecule has 0 bridgehead atoms. The molecule has 2 aromatic heterocycles. The number of fused-ring (bicyclic) bond motifs is 1. The summed E-state index contributed by atoms with van der Waals surface area (Å²) in [5, 5.41) is 0.864. The Morgan fingerprint density at radius 3 is 2.31 bits per heavy atom. The van der Waals surface area contributed by atoms with Gasteiger partial charge < -0.3 is 20.4 Å². The molecule has 2 fully saturated rings. The number of carbonyl (C=O) groups excluding carboxylic acids is 2. The molecule has 26 heavy (non-hydrogen) atoms. The third-order valence-electron chi connectivity index (χ3n) is 5.10. The predicted molar refractivity (Wildman–Crippen MR) is 98.0 cm³/mol. The molecular weight excluding hydrogens is 332 g/mol. The van der Waals surface area contributed by atoms with Gasteiger partial charge in [-0.2, -0.15) is 0 Å². The van der Waals surface area contributed by atoms with Gasteiger partial charge in [-0.05, 0) is 25.0 Å². The summed E-state index contributed by atoms with van der Waals surface area (Å²) in [4.78, 5) is 38.7. The van der Waals surface area contributed by atoms with E-state index in [1.54, 1.807) is 18.5 Å². The Balaban J connectivity index is 1.53. The van der Waals surface area contributed by atoms with Gasteiger partial charge in [0.2, 0.25) is 0 Å². The van der Waals surface area contributed by atoms with Gasteiger partial charge in [0.25, 0.3) is 5.91 Å². The number of aromatic nitrogens is 2. The highest BCUT2D eigenvalue weighted by Crippen LogP contribution is 2.25. The summed E-state index contributed by atoms with van der Waals surface area (Å²) >= 11 is 0. The fraction of sp³-hybridized carbons (Fsp3) is 0.444. The minimum atomic E-state index is -0.546. The van der Waals surface area contributed by atoms with E-state index in [-0.39, 0.29) is 11.7 Å². The maximum atomic E-state index is 12.5. The fourth-order valence-electron chi connectivity index (χ4n) is 3.64. The maximum absolute atomic E-state index is 12.5. The van der Waals surface area contributed by atoms with Gasteiger partial charge >= 0.3 is 6.03 Å². The van der Waals surface area contributed by atoms with Gasteiger partial charge in [-0.3, -0.25) is 9.78 Å². The number of hydrogen-bond donors (Lipinski definition) is 1. The van der Waals surface area contributed by atoms with Crippen LogP contribution >= 0.6 is 0 Å². The van der Waals surface area contributed by atoms with E-state index in [0.29, 0.717) is 26.2 Å².